The molecule has 59 valence electrons. The zero-order valence-electron chi connectivity index (χ0n) is 6.68. The third kappa shape index (κ3) is 7.43. The number of carbonyl (C=O) groups excluding carboxylic acids is 1. The number of amides is 1. The number of hydrogen-bond acceptors (Lipinski definition) is 2. The van der Waals surface area contributed by atoms with Crippen LogP contribution >= 0.6 is 0 Å². The fourth-order valence-corrected chi connectivity index (χ4v) is 0.692. The molecular weight excluding hydrogens is 128 g/mol. The molecule has 0 aliphatic rings. The van der Waals surface area contributed by atoms with E-state index in [1.165, 1.54) is 0 Å². The van der Waals surface area contributed by atoms with Gasteiger partial charge >= 0.3 is 6.41 Å². The van der Waals surface area contributed by atoms with E-state index in [1.54, 1.807) is 6.41 Å². The van der Waals surface area contributed by atoms with Crippen molar-refractivity contribution in [1.29, 1.82) is 0 Å². The first-order valence-electron chi connectivity index (χ1n) is 3.52. The summed E-state index contributed by atoms with van der Waals surface area (Å²) in [7, 11) is 4.08. The van der Waals surface area contributed by atoms with Crippen LogP contribution in [0, 0.1) is 0 Å². The van der Waals surface area contributed by atoms with Crippen molar-refractivity contribution in [2.75, 3.05) is 27.2 Å². The van der Waals surface area contributed by atoms with Gasteiger partial charge in [0, 0.05) is 6.54 Å². The average molecular weight is 143 g/mol. The van der Waals surface area contributed by atoms with Crippen molar-refractivity contribution < 1.29 is 4.79 Å². The quantitative estimate of drug-likeness (QED) is 0.419. The number of rotatable bonds is 6. The smallest absolute Gasteiger partial charge is 0.309 e. The second-order valence-electron chi connectivity index (χ2n) is 2.54. The first kappa shape index (κ1) is 9.43. The summed E-state index contributed by atoms with van der Waals surface area (Å²) in [6.07, 6.45) is 3.80. The maximum absolute atomic E-state index is 9.66. The normalized spacial score (nSPS) is 9.90. The maximum Gasteiger partial charge on any atom is 0.309 e. The molecule has 0 aromatic rings. The Kier molecular flexibility index (Phi) is 6.18. The Morgan fingerprint density at radius 2 is 2.10 bits per heavy atom. The van der Waals surface area contributed by atoms with Crippen molar-refractivity contribution >= 4 is 6.41 Å². The van der Waals surface area contributed by atoms with Gasteiger partial charge in [-0.25, -0.2) is 0 Å². The van der Waals surface area contributed by atoms with Crippen LogP contribution in [0.5, 0.6) is 0 Å². The molecule has 0 fully saturated rings. The Bertz CT molecular complexity index is 83.7. The summed E-state index contributed by atoms with van der Waals surface area (Å²) in [6, 6.07) is 0. The molecule has 0 heterocycles. The number of hydrogen-bond donors (Lipinski definition) is 1. The van der Waals surface area contributed by atoms with Crippen LogP contribution in [-0.2, 0) is 4.79 Å². The monoisotopic (exact) mass is 143 g/mol. The molecule has 0 rings (SSSR count). The third-order valence-corrected chi connectivity index (χ3v) is 1.23. The molecule has 0 atom stereocenters. The van der Waals surface area contributed by atoms with E-state index < -0.39 is 0 Å². The van der Waals surface area contributed by atoms with Gasteiger partial charge in [-0.3, -0.25) is 4.79 Å². The van der Waals surface area contributed by atoms with Gasteiger partial charge in [-0.1, -0.05) is 0 Å². The van der Waals surface area contributed by atoms with Crippen LogP contribution in [0.15, 0.2) is 0 Å². The summed E-state index contributed by atoms with van der Waals surface area (Å²) >= 11 is 0. The van der Waals surface area contributed by atoms with Crippen LogP contribution in [0.1, 0.15) is 12.8 Å². The minimum absolute atomic E-state index is 0.747. The number of unbranched alkanes of at least 4 members (excludes halogenated alkanes) is 1. The van der Waals surface area contributed by atoms with Crippen LogP contribution in [0.4, 0.5) is 0 Å². The van der Waals surface area contributed by atoms with Crippen LogP contribution in [0.2, 0.25) is 0 Å². The summed E-state index contributed by atoms with van der Waals surface area (Å²) in [6.45, 7) is 1.83. The molecule has 3 heteroatoms. The highest BCUT2D eigenvalue weighted by molar-refractivity contribution is 5.46. The van der Waals surface area contributed by atoms with Gasteiger partial charge in [0.25, 0.3) is 0 Å². The lowest BCUT2D eigenvalue weighted by Gasteiger charge is -2.07. The van der Waals surface area contributed by atoms with Crippen LogP contribution < -0.4 is 5.32 Å². The van der Waals surface area contributed by atoms with E-state index in [-0.39, 0.29) is 0 Å². The molecule has 0 aromatic carbocycles. The zero-order chi connectivity index (χ0) is 7.82. The summed E-state index contributed by atoms with van der Waals surface area (Å²) < 4.78 is 0. The van der Waals surface area contributed by atoms with E-state index >= 15 is 0 Å². The Morgan fingerprint density at radius 3 is 2.60 bits per heavy atom. The molecule has 3 nitrogen and oxygen atoms in total. The minimum Gasteiger partial charge on any atom is -0.348 e. The van der Waals surface area contributed by atoms with Gasteiger partial charge in [-0.15, -0.1) is 0 Å². The molecule has 0 aliphatic carbocycles. The lowest BCUT2D eigenvalue weighted by Crippen LogP contribution is -2.16. The predicted octanol–water partition coefficient (Wildman–Crippen LogP) is -0.0150. The maximum atomic E-state index is 9.66. The van der Waals surface area contributed by atoms with E-state index in [2.05, 4.69) is 10.2 Å². The van der Waals surface area contributed by atoms with Gasteiger partial charge in [0.15, 0.2) is 0 Å². The Balaban J connectivity index is 2.83. The molecule has 0 aromatic heterocycles. The Hall–Kier alpha value is -0.570. The first-order valence-corrected chi connectivity index (χ1v) is 3.52. The largest absolute Gasteiger partial charge is 0.348 e. The van der Waals surface area contributed by atoms with Crippen molar-refractivity contribution in [2.24, 2.45) is 0 Å². The zero-order valence-corrected chi connectivity index (χ0v) is 6.68. The number of nitrogens with one attached hydrogen (secondary N) is 1. The van der Waals surface area contributed by atoms with Gasteiger partial charge < -0.3 is 10.2 Å². The van der Waals surface area contributed by atoms with Crippen molar-refractivity contribution in [3.63, 3.8) is 0 Å². The van der Waals surface area contributed by atoms with Crippen molar-refractivity contribution in [1.82, 2.24) is 10.2 Å². The van der Waals surface area contributed by atoms with Gasteiger partial charge in [0.2, 0.25) is 0 Å². The summed E-state index contributed by atoms with van der Waals surface area (Å²) in [4.78, 5) is 11.8. The van der Waals surface area contributed by atoms with E-state index in [4.69, 9.17) is 0 Å². The third-order valence-electron chi connectivity index (χ3n) is 1.23. The Labute approximate surface area is 62.4 Å². The highest BCUT2D eigenvalue weighted by Crippen LogP contribution is 1.87. The molecule has 0 unspecified atom stereocenters. The van der Waals surface area contributed by atoms with Gasteiger partial charge in [0.1, 0.15) is 0 Å². The number of nitrogens with zero attached hydrogens (tertiary/aromatic N) is 1. The average Bonchev–Trinajstić information content (AvgIpc) is 1.87. The highest BCUT2D eigenvalue weighted by Gasteiger charge is 1.89. The molecule has 0 saturated heterocycles. The summed E-state index contributed by atoms with van der Waals surface area (Å²) in [5.74, 6) is 0. The molecule has 0 spiro atoms. The van der Waals surface area contributed by atoms with Crippen LogP contribution in [0.3, 0.4) is 0 Å². The van der Waals surface area contributed by atoms with E-state index in [0.29, 0.717) is 0 Å². The molecule has 0 bridgehead atoms. The molecule has 1 amide bonds. The molecule has 1 radical (unpaired) electrons. The summed E-state index contributed by atoms with van der Waals surface area (Å²) in [5, 5.41) is 2.50. The molecule has 0 saturated carbocycles. The lowest BCUT2D eigenvalue weighted by atomic mass is 10.3. The molecule has 1 N–H and O–H groups in total. The van der Waals surface area contributed by atoms with Crippen molar-refractivity contribution in [3.05, 3.63) is 0 Å². The molecular formula is C7H15N2O. The predicted molar refractivity (Wildman–Crippen MR) is 41.5 cm³/mol. The fraction of sp³-hybridized carbons (Fsp3) is 0.857. The lowest BCUT2D eigenvalue weighted by molar-refractivity contribution is 0.394. The van der Waals surface area contributed by atoms with E-state index in [0.717, 1.165) is 25.9 Å². The van der Waals surface area contributed by atoms with Gasteiger partial charge in [-0.05, 0) is 33.5 Å². The first-order chi connectivity index (χ1) is 4.77. The van der Waals surface area contributed by atoms with Crippen LogP contribution in [0.25, 0.3) is 0 Å². The Morgan fingerprint density at radius 1 is 1.40 bits per heavy atom. The second-order valence-corrected chi connectivity index (χ2v) is 2.54. The van der Waals surface area contributed by atoms with E-state index in [1.807, 2.05) is 14.1 Å². The second kappa shape index (κ2) is 6.55. The minimum atomic E-state index is 0.747. The standard InChI is InChI=1S/C7H15N2O/c1-9(2)6-4-3-5-8-7-10/h3-6H2,1-2H3,(H,8,10). The van der Waals surface area contributed by atoms with Gasteiger partial charge in [0.05, 0.1) is 0 Å². The molecule has 10 heavy (non-hydrogen) atoms. The van der Waals surface area contributed by atoms with E-state index in [9.17, 15) is 4.79 Å². The summed E-state index contributed by atoms with van der Waals surface area (Å²) in [5.41, 5.74) is 0. The topological polar surface area (TPSA) is 32.3 Å². The van der Waals surface area contributed by atoms with Crippen molar-refractivity contribution in [2.45, 2.75) is 12.8 Å². The highest BCUT2D eigenvalue weighted by atomic mass is 16.1. The van der Waals surface area contributed by atoms with Crippen LogP contribution in [-0.4, -0.2) is 38.5 Å². The SMILES string of the molecule is CN(C)CCCCN[C]=O. The van der Waals surface area contributed by atoms with Gasteiger partial charge in [-0.2, -0.15) is 0 Å². The fourth-order valence-electron chi connectivity index (χ4n) is 0.692. The van der Waals surface area contributed by atoms with Crippen molar-refractivity contribution in [3.8, 4) is 0 Å². The molecule has 0 aliphatic heterocycles.